The smallest absolute Gasteiger partial charge is 0.314 e. The van der Waals surface area contributed by atoms with Gasteiger partial charge in [-0.05, 0) is 36.5 Å². The van der Waals surface area contributed by atoms with Crippen LogP contribution in [-0.4, -0.2) is 22.8 Å². The first-order valence-corrected chi connectivity index (χ1v) is 9.33. The SMILES string of the molecule is O=C(O)C1(c2ccc3c(c2)OC[C@H](Cc2ccccc2)[C@H]3O)CCCC1. The number of ether oxygens (including phenoxy) is 1. The summed E-state index contributed by atoms with van der Waals surface area (Å²) in [6.07, 6.45) is 3.36. The van der Waals surface area contributed by atoms with Crippen molar-refractivity contribution in [2.45, 2.75) is 43.6 Å². The van der Waals surface area contributed by atoms with E-state index in [4.69, 9.17) is 4.74 Å². The van der Waals surface area contributed by atoms with Gasteiger partial charge in [0.05, 0.1) is 18.1 Å². The van der Waals surface area contributed by atoms with Crippen molar-refractivity contribution in [3.8, 4) is 5.75 Å². The lowest BCUT2D eigenvalue weighted by Crippen LogP contribution is -2.33. The van der Waals surface area contributed by atoms with Gasteiger partial charge in [0.1, 0.15) is 5.75 Å². The second kappa shape index (κ2) is 6.76. The van der Waals surface area contributed by atoms with Gasteiger partial charge >= 0.3 is 5.97 Å². The van der Waals surface area contributed by atoms with Crippen LogP contribution in [0.4, 0.5) is 0 Å². The molecule has 1 aliphatic heterocycles. The maximum absolute atomic E-state index is 11.9. The molecule has 2 N–H and O–H groups in total. The third-order valence-electron chi connectivity index (χ3n) is 5.99. The molecule has 1 saturated carbocycles. The summed E-state index contributed by atoms with van der Waals surface area (Å²) in [7, 11) is 0. The number of hydrogen-bond donors (Lipinski definition) is 2. The highest BCUT2D eigenvalue weighted by Gasteiger charge is 2.43. The molecule has 0 unspecified atom stereocenters. The van der Waals surface area contributed by atoms with Crippen molar-refractivity contribution in [2.24, 2.45) is 5.92 Å². The molecule has 0 spiro atoms. The minimum Gasteiger partial charge on any atom is -0.493 e. The van der Waals surface area contributed by atoms with E-state index in [-0.39, 0.29) is 5.92 Å². The normalized spacial score (nSPS) is 23.9. The number of aliphatic hydroxyl groups excluding tert-OH is 1. The lowest BCUT2D eigenvalue weighted by atomic mass is 9.77. The molecule has 1 heterocycles. The molecular formula is C22H24O4. The summed E-state index contributed by atoms with van der Waals surface area (Å²) >= 11 is 0. The van der Waals surface area contributed by atoms with E-state index in [9.17, 15) is 15.0 Å². The summed E-state index contributed by atoms with van der Waals surface area (Å²) in [4.78, 5) is 11.9. The van der Waals surface area contributed by atoms with Gasteiger partial charge in [-0.2, -0.15) is 0 Å². The third kappa shape index (κ3) is 2.88. The quantitative estimate of drug-likeness (QED) is 0.877. The lowest BCUT2D eigenvalue weighted by molar-refractivity contribution is -0.143. The highest BCUT2D eigenvalue weighted by atomic mass is 16.5. The zero-order chi connectivity index (χ0) is 18.1. The Hall–Kier alpha value is -2.33. The van der Waals surface area contributed by atoms with E-state index in [1.165, 1.54) is 5.56 Å². The molecule has 1 aliphatic carbocycles. The highest BCUT2D eigenvalue weighted by Crippen LogP contribution is 2.45. The summed E-state index contributed by atoms with van der Waals surface area (Å²) in [5.41, 5.74) is 1.94. The van der Waals surface area contributed by atoms with Crippen LogP contribution in [0.5, 0.6) is 5.75 Å². The average Bonchev–Trinajstić information content (AvgIpc) is 3.16. The second-order valence-electron chi connectivity index (χ2n) is 7.55. The molecule has 2 atom stereocenters. The van der Waals surface area contributed by atoms with Crippen LogP contribution in [0.15, 0.2) is 48.5 Å². The summed E-state index contributed by atoms with van der Waals surface area (Å²) < 4.78 is 5.95. The van der Waals surface area contributed by atoms with Crippen molar-refractivity contribution in [2.75, 3.05) is 6.61 Å². The Morgan fingerprint density at radius 2 is 1.85 bits per heavy atom. The van der Waals surface area contributed by atoms with Gasteiger partial charge in [0.2, 0.25) is 0 Å². The molecule has 136 valence electrons. The van der Waals surface area contributed by atoms with E-state index in [0.717, 1.165) is 30.4 Å². The number of rotatable bonds is 4. The molecule has 0 saturated heterocycles. The number of aliphatic carboxylic acids is 1. The van der Waals surface area contributed by atoms with Crippen LogP contribution in [0, 0.1) is 5.92 Å². The van der Waals surface area contributed by atoms with Crippen molar-refractivity contribution in [1.29, 1.82) is 0 Å². The van der Waals surface area contributed by atoms with Crippen molar-refractivity contribution >= 4 is 5.97 Å². The van der Waals surface area contributed by atoms with Crippen LogP contribution in [0.2, 0.25) is 0 Å². The number of fused-ring (bicyclic) bond motifs is 1. The zero-order valence-corrected chi connectivity index (χ0v) is 14.7. The predicted molar refractivity (Wildman–Crippen MR) is 98.3 cm³/mol. The Labute approximate surface area is 153 Å². The minimum atomic E-state index is -0.801. The van der Waals surface area contributed by atoms with E-state index < -0.39 is 17.5 Å². The Morgan fingerprint density at radius 1 is 1.12 bits per heavy atom. The maximum Gasteiger partial charge on any atom is 0.314 e. The molecule has 4 nitrogen and oxygen atoms in total. The van der Waals surface area contributed by atoms with Crippen molar-refractivity contribution in [3.63, 3.8) is 0 Å². The minimum absolute atomic E-state index is 0.00401. The monoisotopic (exact) mass is 352 g/mol. The molecule has 1 fully saturated rings. The average molecular weight is 352 g/mol. The molecule has 26 heavy (non-hydrogen) atoms. The van der Waals surface area contributed by atoms with E-state index in [2.05, 4.69) is 12.1 Å². The first kappa shape index (κ1) is 17.1. The van der Waals surface area contributed by atoms with Crippen molar-refractivity contribution in [3.05, 3.63) is 65.2 Å². The Bertz CT molecular complexity index is 793. The molecule has 2 aliphatic rings. The topological polar surface area (TPSA) is 66.8 Å². The number of aliphatic hydroxyl groups is 1. The van der Waals surface area contributed by atoms with Crippen LogP contribution in [0.3, 0.4) is 0 Å². The molecule has 0 bridgehead atoms. The van der Waals surface area contributed by atoms with E-state index >= 15 is 0 Å². The Balaban J connectivity index is 1.60. The van der Waals surface area contributed by atoms with E-state index in [1.54, 1.807) is 0 Å². The van der Waals surface area contributed by atoms with Crippen LogP contribution >= 0.6 is 0 Å². The van der Waals surface area contributed by atoms with Crippen LogP contribution < -0.4 is 4.74 Å². The number of benzene rings is 2. The van der Waals surface area contributed by atoms with Crippen LogP contribution in [-0.2, 0) is 16.6 Å². The van der Waals surface area contributed by atoms with Crippen LogP contribution in [0.25, 0.3) is 0 Å². The van der Waals surface area contributed by atoms with Gasteiger partial charge in [0.25, 0.3) is 0 Å². The largest absolute Gasteiger partial charge is 0.493 e. The van der Waals surface area contributed by atoms with Gasteiger partial charge in [-0.15, -0.1) is 0 Å². The Morgan fingerprint density at radius 3 is 2.54 bits per heavy atom. The second-order valence-corrected chi connectivity index (χ2v) is 7.55. The molecular weight excluding hydrogens is 328 g/mol. The molecule has 0 radical (unpaired) electrons. The summed E-state index contributed by atoms with van der Waals surface area (Å²) in [5.74, 6) is -0.129. The molecule has 4 rings (SSSR count). The molecule has 2 aromatic rings. The fraction of sp³-hybridized carbons (Fsp3) is 0.409. The predicted octanol–water partition coefficient (Wildman–Crippen LogP) is 3.87. The molecule has 4 heteroatoms. The van der Waals surface area contributed by atoms with Crippen molar-refractivity contribution < 1.29 is 19.7 Å². The maximum atomic E-state index is 11.9. The van der Waals surface area contributed by atoms with E-state index in [1.807, 2.05) is 36.4 Å². The van der Waals surface area contributed by atoms with Crippen LogP contribution in [0.1, 0.15) is 48.5 Å². The first-order valence-electron chi connectivity index (χ1n) is 9.33. The first-order chi connectivity index (χ1) is 12.6. The van der Waals surface area contributed by atoms with E-state index in [0.29, 0.717) is 25.2 Å². The number of carboxylic acids is 1. The van der Waals surface area contributed by atoms with Gasteiger partial charge in [-0.3, -0.25) is 4.79 Å². The standard InChI is InChI=1S/C22H24O4/c23-20-16(12-15-6-2-1-3-7-15)14-26-19-13-17(8-9-18(19)20)22(21(24)25)10-4-5-11-22/h1-3,6-9,13,16,20,23H,4-5,10-12,14H2,(H,24,25)/t16-,20+/m0/s1. The third-order valence-corrected chi connectivity index (χ3v) is 5.99. The molecule has 2 aromatic carbocycles. The zero-order valence-electron chi connectivity index (χ0n) is 14.7. The molecule has 0 aromatic heterocycles. The fourth-order valence-electron chi connectivity index (χ4n) is 4.44. The van der Waals surface area contributed by atoms with Gasteiger partial charge in [0.15, 0.2) is 0 Å². The van der Waals surface area contributed by atoms with Gasteiger partial charge < -0.3 is 14.9 Å². The van der Waals surface area contributed by atoms with Gasteiger partial charge in [-0.25, -0.2) is 0 Å². The fourth-order valence-corrected chi connectivity index (χ4v) is 4.44. The number of hydrogen-bond acceptors (Lipinski definition) is 3. The van der Waals surface area contributed by atoms with Gasteiger partial charge in [-0.1, -0.05) is 55.3 Å². The Kier molecular flexibility index (Phi) is 4.45. The van der Waals surface area contributed by atoms with Crippen molar-refractivity contribution in [1.82, 2.24) is 0 Å². The molecule has 0 amide bonds. The number of carboxylic acid groups (broad SMARTS) is 1. The summed E-state index contributed by atoms with van der Waals surface area (Å²) in [6, 6.07) is 15.7. The summed E-state index contributed by atoms with van der Waals surface area (Å²) in [6.45, 7) is 0.437. The number of carbonyl (C=O) groups is 1. The highest BCUT2D eigenvalue weighted by molar-refractivity contribution is 5.82. The summed E-state index contributed by atoms with van der Waals surface area (Å²) in [5, 5.41) is 20.6. The van der Waals surface area contributed by atoms with Gasteiger partial charge in [0, 0.05) is 11.5 Å². The lowest BCUT2D eigenvalue weighted by Gasteiger charge is -2.32.